The predicted molar refractivity (Wildman–Crippen MR) is 134 cm³/mol. The lowest BCUT2D eigenvalue weighted by Crippen LogP contribution is -2.60. The average Bonchev–Trinajstić information content (AvgIpc) is 3.05. The highest BCUT2D eigenvalue weighted by molar-refractivity contribution is 6.24. The third-order valence-corrected chi connectivity index (χ3v) is 12.0. The zero-order valence-electron chi connectivity index (χ0n) is 21.7. The van der Waals surface area contributed by atoms with Gasteiger partial charge in [-0.2, -0.15) is 0 Å². The van der Waals surface area contributed by atoms with Crippen LogP contribution in [0.5, 0.6) is 0 Å². The number of hydrogen-bond donors (Lipinski definition) is 0. The minimum atomic E-state index is -0.192. The van der Waals surface area contributed by atoms with Gasteiger partial charge in [0.15, 0.2) is 0 Å². The number of esters is 1. The molecule has 0 aromatic carbocycles. The summed E-state index contributed by atoms with van der Waals surface area (Å²) in [5.74, 6) is 4.95. The average molecular weight is 465 g/mol. The SMILES string of the molecule is CC(=O)O[C@@H]1CC[C@]2(C)[C@@H]3CC[C@]4(C)[C@H](CC[C@H]4[C@H](C)CCCC(C)C)[C@H]3CC[C@@]2(Cl)C1. The summed E-state index contributed by atoms with van der Waals surface area (Å²) < 4.78 is 5.64. The normalized spacial score (nSPS) is 46.8. The van der Waals surface area contributed by atoms with E-state index in [2.05, 4.69) is 34.6 Å². The molecule has 0 unspecified atom stereocenters. The molecule has 4 saturated carbocycles. The van der Waals surface area contributed by atoms with Crippen LogP contribution in [-0.4, -0.2) is 16.9 Å². The van der Waals surface area contributed by atoms with Crippen LogP contribution in [0.25, 0.3) is 0 Å². The van der Waals surface area contributed by atoms with Crippen molar-refractivity contribution < 1.29 is 9.53 Å². The summed E-state index contributed by atoms with van der Waals surface area (Å²) in [6, 6.07) is 0. The maximum absolute atomic E-state index is 11.6. The summed E-state index contributed by atoms with van der Waals surface area (Å²) in [6.45, 7) is 14.0. The van der Waals surface area contributed by atoms with Gasteiger partial charge in [0.1, 0.15) is 6.10 Å². The quantitative estimate of drug-likeness (QED) is 0.291. The van der Waals surface area contributed by atoms with Gasteiger partial charge in [-0.3, -0.25) is 4.79 Å². The molecular weight excluding hydrogens is 416 g/mol. The lowest BCUT2D eigenvalue weighted by molar-refractivity contribution is -0.157. The van der Waals surface area contributed by atoms with Crippen LogP contribution >= 0.6 is 11.6 Å². The van der Waals surface area contributed by atoms with Gasteiger partial charge in [0.2, 0.25) is 0 Å². The van der Waals surface area contributed by atoms with Gasteiger partial charge in [0, 0.05) is 13.3 Å². The van der Waals surface area contributed by atoms with E-state index < -0.39 is 0 Å². The Labute approximate surface area is 203 Å². The molecule has 0 spiro atoms. The topological polar surface area (TPSA) is 26.3 Å². The van der Waals surface area contributed by atoms with Crippen molar-refractivity contribution >= 4 is 17.6 Å². The third kappa shape index (κ3) is 4.18. The van der Waals surface area contributed by atoms with Crippen LogP contribution in [0, 0.1) is 46.3 Å². The number of alkyl halides is 1. The second-order valence-electron chi connectivity index (χ2n) is 13.3. The van der Waals surface area contributed by atoms with E-state index in [1.807, 2.05) is 0 Å². The van der Waals surface area contributed by atoms with Crippen molar-refractivity contribution in [2.45, 2.75) is 130 Å². The fourth-order valence-electron chi connectivity index (χ4n) is 9.52. The van der Waals surface area contributed by atoms with Crippen LogP contribution in [0.2, 0.25) is 0 Å². The van der Waals surface area contributed by atoms with E-state index in [1.54, 1.807) is 0 Å². The molecule has 2 nitrogen and oxygen atoms in total. The second-order valence-corrected chi connectivity index (χ2v) is 14.0. The molecule has 4 aliphatic carbocycles. The summed E-state index contributed by atoms with van der Waals surface area (Å²) in [4.78, 5) is 11.4. The largest absolute Gasteiger partial charge is 0.462 e. The van der Waals surface area contributed by atoms with Crippen molar-refractivity contribution in [1.29, 1.82) is 0 Å². The van der Waals surface area contributed by atoms with E-state index in [-0.39, 0.29) is 22.4 Å². The maximum Gasteiger partial charge on any atom is 0.302 e. The summed E-state index contributed by atoms with van der Waals surface area (Å²) >= 11 is 7.46. The Morgan fingerprint density at radius 2 is 1.72 bits per heavy atom. The van der Waals surface area contributed by atoms with Crippen molar-refractivity contribution in [3.8, 4) is 0 Å². The van der Waals surface area contributed by atoms with Crippen molar-refractivity contribution in [3.63, 3.8) is 0 Å². The highest BCUT2D eigenvalue weighted by Gasteiger charge is 2.64. The van der Waals surface area contributed by atoms with Crippen LogP contribution < -0.4 is 0 Å². The number of fused-ring (bicyclic) bond motifs is 5. The van der Waals surface area contributed by atoms with Gasteiger partial charge in [-0.05, 0) is 97.7 Å². The lowest BCUT2D eigenvalue weighted by Gasteiger charge is -2.64. The molecule has 9 atom stereocenters. The van der Waals surface area contributed by atoms with E-state index in [0.29, 0.717) is 5.41 Å². The molecule has 0 N–H and O–H groups in total. The van der Waals surface area contributed by atoms with Gasteiger partial charge < -0.3 is 4.74 Å². The van der Waals surface area contributed by atoms with Crippen LogP contribution in [0.4, 0.5) is 0 Å². The summed E-state index contributed by atoms with van der Waals surface area (Å²) in [7, 11) is 0. The molecule has 0 bridgehead atoms. The minimum Gasteiger partial charge on any atom is -0.462 e. The molecule has 0 radical (unpaired) electrons. The van der Waals surface area contributed by atoms with Crippen LogP contribution in [0.15, 0.2) is 0 Å². The van der Waals surface area contributed by atoms with Gasteiger partial charge in [-0.15, -0.1) is 11.6 Å². The molecule has 3 heteroatoms. The highest BCUT2D eigenvalue weighted by atomic mass is 35.5. The molecule has 0 saturated heterocycles. The number of carbonyl (C=O) groups is 1. The number of carbonyl (C=O) groups excluding carboxylic acids is 1. The summed E-state index contributed by atoms with van der Waals surface area (Å²) in [5.41, 5.74) is 0.729. The predicted octanol–water partition coefficient (Wildman–Crippen LogP) is 8.40. The first kappa shape index (κ1) is 24.9. The molecule has 0 heterocycles. The van der Waals surface area contributed by atoms with E-state index in [0.717, 1.165) is 61.2 Å². The Bertz CT molecular complexity index is 691. The Hall–Kier alpha value is -0.240. The van der Waals surface area contributed by atoms with E-state index in [4.69, 9.17) is 16.3 Å². The number of rotatable bonds is 6. The molecule has 0 aromatic heterocycles. The smallest absolute Gasteiger partial charge is 0.302 e. The first-order valence-electron chi connectivity index (χ1n) is 13.9. The Morgan fingerprint density at radius 3 is 2.41 bits per heavy atom. The van der Waals surface area contributed by atoms with Gasteiger partial charge in [-0.1, -0.05) is 53.9 Å². The van der Waals surface area contributed by atoms with Crippen molar-refractivity contribution in [3.05, 3.63) is 0 Å². The van der Waals surface area contributed by atoms with Crippen LogP contribution in [0.3, 0.4) is 0 Å². The molecule has 4 fully saturated rings. The van der Waals surface area contributed by atoms with Crippen molar-refractivity contribution in [1.82, 2.24) is 0 Å². The molecule has 0 aromatic rings. The number of ether oxygens (including phenoxy) is 1. The Morgan fingerprint density at radius 1 is 0.969 bits per heavy atom. The minimum absolute atomic E-state index is 0.0195. The van der Waals surface area contributed by atoms with Crippen molar-refractivity contribution in [2.75, 3.05) is 0 Å². The number of halogens is 1. The summed E-state index contributed by atoms with van der Waals surface area (Å²) in [6.07, 6.45) is 15.2. The fourth-order valence-corrected chi connectivity index (χ4v) is 10.0. The van der Waals surface area contributed by atoms with E-state index in [9.17, 15) is 4.79 Å². The molecular formula is C29H49ClO2. The zero-order chi connectivity index (χ0) is 23.3. The monoisotopic (exact) mass is 464 g/mol. The van der Waals surface area contributed by atoms with E-state index in [1.165, 1.54) is 58.3 Å². The molecule has 4 rings (SSSR count). The van der Waals surface area contributed by atoms with Crippen LogP contribution in [-0.2, 0) is 9.53 Å². The first-order chi connectivity index (χ1) is 15.0. The lowest BCUT2D eigenvalue weighted by atomic mass is 9.44. The zero-order valence-corrected chi connectivity index (χ0v) is 22.5. The highest BCUT2D eigenvalue weighted by Crippen LogP contribution is 2.70. The first-order valence-corrected chi connectivity index (χ1v) is 14.2. The third-order valence-electron chi connectivity index (χ3n) is 11.2. The Kier molecular flexibility index (Phi) is 7.06. The standard InChI is InChI=1S/C29H49ClO2/c1-19(2)8-7-9-20(3)24-10-11-25-23-13-17-29(30)18-22(32-21(4)31)12-16-28(29,6)26(23)14-15-27(24,25)5/h19-20,22-26H,7-18H2,1-6H3/t20-,22-,23-,24+,25-,26-,27+,28-,29-/m1/s1. The molecule has 0 aliphatic heterocycles. The van der Waals surface area contributed by atoms with Gasteiger partial charge in [-0.25, -0.2) is 0 Å². The fraction of sp³-hybridized carbons (Fsp3) is 0.966. The Balaban J connectivity index is 1.47. The number of hydrogen-bond acceptors (Lipinski definition) is 2. The molecule has 0 amide bonds. The molecule has 4 aliphatic rings. The molecule has 184 valence electrons. The van der Waals surface area contributed by atoms with Crippen molar-refractivity contribution in [2.24, 2.45) is 46.3 Å². The summed E-state index contributed by atoms with van der Waals surface area (Å²) in [5, 5.41) is 0. The molecule has 32 heavy (non-hydrogen) atoms. The van der Waals surface area contributed by atoms with Gasteiger partial charge in [0.25, 0.3) is 0 Å². The van der Waals surface area contributed by atoms with E-state index >= 15 is 0 Å². The maximum atomic E-state index is 11.6. The van der Waals surface area contributed by atoms with Crippen LogP contribution in [0.1, 0.15) is 119 Å². The van der Waals surface area contributed by atoms with Gasteiger partial charge in [0.05, 0.1) is 4.87 Å². The second kappa shape index (κ2) is 9.09. The van der Waals surface area contributed by atoms with Gasteiger partial charge >= 0.3 is 5.97 Å².